The molecule has 1 aliphatic heterocycles. The molecule has 1 aliphatic carbocycles. The van der Waals surface area contributed by atoms with Gasteiger partial charge in [0.05, 0.1) is 5.60 Å². The van der Waals surface area contributed by atoms with Crippen molar-refractivity contribution in [1.29, 1.82) is 0 Å². The second kappa shape index (κ2) is 5.89. The average molecular weight is 254 g/mol. The van der Waals surface area contributed by atoms with Crippen LogP contribution in [-0.2, 0) is 4.74 Å². The third kappa shape index (κ3) is 3.69. The molecule has 0 aromatic carbocycles. The summed E-state index contributed by atoms with van der Waals surface area (Å²) in [6, 6.07) is 0. The first-order valence-corrected chi connectivity index (χ1v) is 7.58. The third-order valence-corrected chi connectivity index (χ3v) is 4.65. The zero-order chi connectivity index (χ0) is 13.1. The summed E-state index contributed by atoms with van der Waals surface area (Å²) in [5.74, 6) is 0. The molecule has 0 atom stereocenters. The van der Waals surface area contributed by atoms with E-state index in [2.05, 4.69) is 24.1 Å². The van der Waals surface area contributed by atoms with Gasteiger partial charge in [-0.2, -0.15) is 0 Å². The predicted molar refractivity (Wildman–Crippen MR) is 76.0 cm³/mol. The number of hydrogen-bond acceptors (Lipinski definition) is 3. The Morgan fingerprint density at radius 3 is 2.56 bits per heavy atom. The number of nitrogens with zero attached hydrogens (tertiary/aromatic N) is 1. The van der Waals surface area contributed by atoms with Crippen molar-refractivity contribution in [1.82, 2.24) is 10.2 Å². The number of rotatable bonds is 3. The average Bonchev–Trinajstić information content (AvgIpc) is 2.52. The quantitative estimate of drug-likeness (QED) is 0.837. The third-order valence-electron chi connectivity index (χ3n) is 4.65. The highest BCUT2D eigenvalue weighted by Gasteiger charge is 2.36. The monoisotopic (exact) mass is 254 g/mol. The summed E-state index contributed by atoms with van der Waals surface area (Å²) in [5.41, 5.74) is 0.374. The Morgan fingerprint density at radius 1 is 1.17 bits per heavy atom. The number of methoxy groups -OCH3 is 1. The van der Waals surface area contributed by atoms with E-state index in [-0.39, 0.29) is 5.60 Å². The van der Waals surface area contributed by atoms with E-state index in [1.807, 2.05) is 7.11 Å². The molecular formula is C15H30N2O. The van der Waals surface area contributed by atoms with Gasteiger partial charge in [0.15, 0.2) is 0 Å². The fourth-order valence-corrected chi connectivity index (χ4v) is 3.52. The van der Waals surface area contributed by atoms with Crippen LogP contribution >= 0.6 is 0 Å². The van der Waals surface area contributed by atoms with Crippen LogP contribution in [-0.4, -0.2) is 49.3 Å². The van der Waals surface area contributed by atoms with E-state index >= 15 is 0 Å². The van der Waals surface area contributed by atoms with E-state index in [9.17, 15) is 0 Å². The molecule has 0 aromatic heterocycles. The van der Waals surface area contributed by atoms with Gasteiger partial charge in [-0.05, 0) is 46.2 Å². The van der Waals surface area contributed by atoms with Crippen molar-refractivity contribution in [2.24, 2.45) is 0 Å². The van der Waals surface area contributed by atoms with Crippen LogP contribution < -0.4 is 5.32 Å². The summed E-state index contributed by atoms with van der Waals surface area (Å²) in [6.45, 7) is 9.04. The van der Waals surface area contributed by atoms with Crippen molar-refractivity contribution < 1.29 is 4.74 Å². The molecule has 2 rings (SSSR count). The Labute approximate surface area is 112 Å². The summed E-state index contributed by atoms with van der Waals surface area (Å²) < 4.78 is 5.59. The van der Waals surface area contributed by atoms with Crippen LogP contribution in [0.4, 0.5) is 0 Å². The predicted octanol–water partition coefficient (Wildman–Crippen LogP) is 2.41. The maximum absolute atomic E-state index is 5.59. The second-order valence-corrected chi connectivity index (χ2v) is 6.80. The number of nitrogens with one attached hydrogen (secondary N) is 1. The first-order chi connectivity index (χ1) is 8.55. The van der Waals surface area contributed by atoms with Crippen LogP contribution in [0.2, 0.25) is 0 Å². The van der Waals surface area contributed by atoms with Gasteiger partial charge in [-0.25, -0.2) is 0 Å². The molecule has 1 heterocycles. The maximum Gasteiger partial charge on any atom is 0.0749 e. The van der Waals surface area contributed by atoms with E-state index < -0.39 is 0 Å². The Hall–Kier alpha value is -0.120. The van der Waals surface area contributed by atoms with Crippen molar-refractivity contribution >= 4 is 0 Å². The summed E-state index contributed by atoms with van der Waals surface area (Å²) in [7, 11) is 1.83. The van der Waals surface area contributed by atoms with Crippen LogP contribution in [0, 0.1) is 0 Å². The van der Waals surface area contributed by atoms with Crippen LogP contribution in [0.5, 0.6) is 0 Å². The first-order valence-electron chi connectivity index (χ1n) is 7.58. The highest BCUT2D eigenvalue weighted by atomic mass is 16.5. The summed E-state index contributed by atoms with van der Waals surface area (Å²) in [4.78, 5) is 2.62. The first kappa shape index (κ1) is 14.3. The summed E-state index contributed by atoms with van der Waals surface area (Å²) >= 11 is 0. The molecule has 3 nitrogen and oxygen atoms in total. The lowest BCUT2D eigenvalue weighted by atomic mass is 9.81. The van der Waals surface area contributed by atoms with Gasteiger partial charge < -0.3 is 10.1 Å². The zero-order valence-corrected chi connectivity index (χ0v) is 12.4. The van der Waals surface area contributed by atoms with E-state index in [4.69, 9.17) is 4.74 Å². The van der Waals surface area contributed by atoms with Gasteiger partial charge in [-0.15, -0.1) is 0 Å². The lowest BCUT2D eigenvalue weighted by molar-refractivity contribution is -0.0126. The Bertz CT molecular complexity index is 259. The molecule has 1 saturated heterocycles. The van der Waals surface area contributed by atoms with Gasteiger partial charge in [0, 0.05) is 25.7 Å². The molecular weight excluding hydrogens is 224 g/mol. The maximum atomic E-state index is 5.59. The smallest absolute Gasteiger partial charge is 0.0749 e. The Kier molecular flexibility index (Phi) is 4.68. The van der Waals surface area contributed by atoms with E-state index in [1.165, 1.54) is 58.2 Å². The van der Waals surface area contributed by atoms with Crippen molar-refractivity contribution in [3.63, 3.8) is 0 Å². The number of hydrogen-bond donors (Lipinski definition) is 1. The molecule has 0 radical (unpaired) electrons. The van der Waals surface area contributed by atoms with Crippen LogP contribution in [0.3, 0.4) is 0 Å². The molecule has 106 valence electrons. The van der Waals surface area contributed by atoms with Gasteiger partial charge in [0.2, 0.25) is 0 Å². The van der Waals surface area contributed by atoms with Gasteiger partial charge in [0.25, 0.3) is 0 Å². The van der Waals surface area contributed by atoms with Crippen LogP contribution in [0.1, 0.15) is 52.4 Å². The molecule has 0 bridgehead atoms. The van der Waals surface area contributed by atoms with Crippen molar-refractivity contribution in [2.75, 3.05) is 33.3 Å². The van der Waals surface area contributed by atoms with Crippen LogP contribution in [0.15, 0.2) is 0 Å². The molecule has 0 amide bonds. The molecule has 1 N–H and O–H groups in total. The van der Waals surface area contributed by atoms with Crippen molar-refractivity contribution in [3.05, 3.63) is 0 Å². The highest BCUT2D eigenvalue weighted by molar-refractivity contribution is 4.96. The fourth-order valence-electron chi connectivity index (χ4n) is 3.52. The zero-order valence-electron chi connectivity index (χ0n) is 12.4. The molecule has 1 spiro atoms. The normalized spacial score (nSPS) is 26.2. The molecule has 2 aliphatic rings. The fraction of sp³-hybridized carbons (Fsp3) is 1.00. The van der Waals surface area contributed by atoms with Crippen molar-refractivity contribution in [3.8, 4) is 0 Å². The molecule has 2 fully saturated rings. The van der Waals surface area contributed by atoms with Gasteiger partial charge in [-0.1, -0.05) is 19.3 Å². The summed E-state index contributed by atoms with van der Waals surface area (Å²) in [5, 5.41) is 3.85. The standard InChI is InChI=1S/C15H30N2O/c1-14(2,18-3)12-17-11-7-10-16-15(13-17)8-5-4-6-9-15/h16H,4-13H2,1-3H3. The lowest BCUT2D eigenvalue weighted by Crippen LogP contribution is -2.54. The van der Waals surface area contributed by atoms with Gasteiger partial charge in [-0.3, -0.25) is 4.90 Å². The minimum atomic E-state index is -0.0276. The SMILES string of the molecule is COC(C)(C)CN1CCCNC2(CCCCC2)C1. The highest BCUT2D eigenvalue weighted by Crippen LogP contribution is 2.30. The van der Waals surface area contributed by atoms with Gasteiger partial charge >= 0.3 is 0 Å². The largest absolute Gasteiger partial charge is 0.377 e. The van der Waals surface area contributed by atoms with E-state index in [0.717, 1.165) is 6.54 Å². The van der Waals surface area contributed by atoms with E-state index in [1.54, 1.807) is 0 Å². The van der Waals surface area contributed by atoms with Gasteiger partial charge in [0.1, 0.15) is 0 Å². The van der Waals surface area contributed by atoms with Crippen LogP contribution in [0.25, 0.3) is 0 Å². The molecule has 0 unspecified atom stereocenters. The molecule has 1 saturated carbocycles. The van der Waals surface area contributed by atoms with E-state index in [0.29, 0.717) is 5.54 Å². The number of ether oxygens (including phenoxy) is 1. The minimum absolute atomic E-state index is 0.0276. The van der Waals surface area contributed by atoms with Crippen molar-refractivity contribution in [2.45, 2.75) is 63.5 Å². The second-order valence-electron chi connectivity index (χ2n) is 6.80. The minimum Gasteiger partial charge on any atom is -0.377 e. The summed E-state index contributed by atoms with van der Waals surface area (Å²) in [6.07, 6.45) is 8.20. The lowest BCUT2D eigenvalue weighted by Gasteiger charge is -2.41. The molecule has 18 heavy (non-hydrogen) atoms. The molecule has 0 aromatic rings. The molecule has 3 heteroatoms. The topological polar surface area (TPSA) is 24.5 Å². The Balaban J connectivity index is 1.98. The Morgan fingerprint density at radius 2 is 1.89 bits per heavy atom.